The highest BCUT2D eigenvalue weighted by Crippen LogP contribution is 2.29. The lowest BCUT2D eigenvalue weighted by atomic mass is 10.1. The molecule has 0 radical (unpaired) electrons. The van der Waals surface area contributed by atoms with Crippen molar-refractivity contribution in [3.8, 4) is 5.75 Å². The van der Waals surface area contributed by atoms with Crippen LogP contribution in [0.1, 0.15) is 27.7 Å². The second-order valence-corrected chi connectivity index (χ2v) is 9.26. The Balaban J connectivity index is 1.56. The molecule has 1 aliphatic heterocycles. The number of aromatic nitrogens is 1. The lowest BCUT2D eigenvalue weighted by molar-refractivity contribution is -0.134. The molecule has 1 fully saturated rings. The molecule has 1 aromatic heterocycles. The number of amides is 2. The molecule has 2 amide bonds. The highest BCUT2D eigenvalue weighted by atomic mass is 32.1. The van der Waals surface area contributed by atoms with E-state index in [0.29, 0.717) is 21.3 Å². The quantitative estimate of drug-likeness (QED) is 0.348. The monoisotopic (exact) mass is 485 g/mol. The van der Waals surface area contributed by atoms with Gasteiger partial charge in [-0.3, -0.25) is 9.59 Å². The van der Waals surface area contributed by atoms with E-state index < -0.39 is 0 Å². The van der Waals surface area contributed by atoms with E-state index in [1.807, 2.05) is 18.9 Å². The number of anilines is 1. The highest BCUT2D eigenvalue weighted by Gasteiger charge is 2.22. The fraction of sp³-hybridized carbons (Fsp3) is 0.391. The van der Waals surface area contributed by atoms with Gasteiger partial charge in [-0.25, -0.2) is 9.98 Å². The van der Waals surface area contributed by atoms with E-state index in [9.17, 15) is 14.7 Å². The number of nitrogens with zero attached hydrogens (tertiary/aromatic N) is 4. The smallest absolute Gasteiger partial charge is 0.267 e. The van der Waals surface area contributed by atoms with Crippen LogP contribution in [-0.2, 0) is 4.79 Å². The zero-order valence-corrected chi connectivity index (χ0v) is 20.6. The maximum atomic E-state index is 12.6. The van der Waals surface area contributed by atoms with Crippen molar-refractivity contribution in [1.29, 1.82) is 0 Å². The van der Waals surface area contributed by atoms with Crippen LogP contribution < -0.4 is 16.4 Å². The number of piperazine rings is 1. The number of aromatic hydroxyl groups is 1. The predicted molar refractivity (Wildman–Crippen MR) is 135 cm³/mol. The summed E-state index contributed by atoms with van der Waals surface area (Å²) in [6.45, 7) is 8.58. The number of hydrogen-bond acceptors (Lipinski definition) is 8. The molecule has 5 N–H and O–H groups in total. The molecule has 1 atom stereocenters. The molecule has 0 saturated carbocycles. The number of thiazole rings is 1. The van der Waals surface area contributed by atoms with Crippen LogP contribution in [0.3, 0.4) is 0 Å². The lowest BCUT2D eigenvalue weighted by Gasteiger charge is -2.34. The summed E-state index contributed by atoms with van der Waals surface area (Å²) < 4.78 is 0. The molecule has 0 bridgehead atoms. The molecular formula is C23H31N7O3S. The Morgan fingerprint density at radius 2 is 1.97 bits per heavy atom. The Morgan fingerprint density at radius 1 is 1.26 bits per heavy atom. The minimum absolute atomic E-state index is 0.0426. The van der Waals surface area contributed by atoms with Crippen LogP contribution in [0.5, 0.6) is 5.75 Å². The van der Waals surface area contributed by atoms with Gasteiger partial charge in [-0.2, -0.15) is 0 Å². The van der Waals surface area contributed by atoms with E-state index in [1.54, 1.807) is 38.3 Å². The fourth-order valence-corrected chi connectivity index (χ4v) is 4.12. The number of phenolic OH excluding ortho intramolecular Hbond substituents is 1. The van der Waals surface area contributed by atoms with Gasteiger partial charge >= 0.3 is 0 Å². The maximum Gasteiger partial charge on any atom is 0.267 e. The SMILES string of the molecule is Cc1ccc(O)c(C)c1NC(=O)c1cnc(/N=C(N)\C=C/NC(C)C(=O)N2CCN(C)CC2)s1. The first-order chi connectivity index (χ1) is 16.2. The first-order valence-electron chi connectivity index (χ1n) is 11.0. The number of aliphatic imine (C=N–C) groups is 1. The van der Waals surface area contributed by atoms with Gasteiger partial charge in [0, 0.05) is 37.9 Å². The summed E-state index contributed by atoms with van der Waals surface area (Å²) in [6, 6.07) is 2.95. The number of hydrogen-bond donors (Lipinski definition) is 4. The van der Waals surface area contributed by atoms with Crippen molar-refractivity contribution < 1.29 is 14.7 Å². The summed E-state index contributed by atoms with van der Waals surface area (Å²) in [6.07, 6.45) is 4.57. The molecule has 0 spiro atoms. The maximum absolute atomic E-state index is 12.6. The van der Waals surface area contributed by atoms with E-state index in [2.05, 4.69) is 25.5 Å². The second-order valence-electron chi connectivity index (χ2n) is 8.25. The van der Waals surface area contributed by atoms with Crippen molar-refractivity contribution in [2.24, 2.45) is 10.7 Å². The molecule has 2 aromatic rings. The van der Waals surface area contributed by atoms with Crippen LogP contribution in [-0.4, -0.2) is 76.8 Å². The summed E-state index contributed by atoms with van der Waals surface area (Å²) in [7, 11) is 2.04. The average molecular weight is 486 g/mol. The second kappa shape index (κ2) is 11.1. The molecule has 10 nitrogen and oxygen atoms in total. The van der Waals surface area contributed by atoms with Crippen molar-refractivity contribution in [2.45, 2.75) is 26.8 Å². The van der Waals surface area contributed by atoms with Crippen LogP contribution in [0, 0.1) is 13.8 Å². The van der Waals surface area contributed by atoms with Gasteiger partial charge in [-0.15, -0.1) is 0 Å². The topological polar surface area (TPSA) is 136 Å². The molecule has 2 heterocycles. The Bertz CT molecular complexity index is 1100. The summed E-state index contributed by atoms with van der Waals surface area (Å²) in [5.74, 6) is -0.000222. The number of nitrogens with two attached hydrogens (primary N) is 1. The van der Waals surface area contributed by atoms with Crippen molar-refractivity contribution in [3.63, 3.8) is 0 Å². The van der Waals surface area contributed by atoms with Crippen LogP contribution in [0.25, 0.3) is 0 Å². The van der Waals surface area contributed by atoms with E-state index in [-0.39, 0.29) is 29.4 Å². The first kappa shape index (κ1) is 25.2. The molecule has 1 saturated heterocycles. The highest BCUT2D eigenvalue weighted by molar-refractivity contribution is 7.17. The number of benzene rings is 1. The molecule has 3 rings (SSSR count). The van der Waals surface area contributed by atoms with Crippen LogP contribution in [0.2, 0.25) is 0 Å². The fourth-order valence-electron chi connectivity index (χ4n) is 3.42. The molecular weight excluding hydrogens is 454 g/mol. The van der Waals surface area contributed by atoms with Crippen molar-refractivity contribution >= 4 is 39.8 Å². The summed E-state index contributed by atoms with van der Waals surface area (Å²) in [5, 5.41) is 16.1. The number of carbonyl (C=O) groups is 2. The van der Waals surface area contributed by atoms with Crippen molar-refractivity contribution in [1.82, 2.24) is 20.1 Å². The van der Waals surface area contributed by atoms with Gasteiger partial charge in [0.1, 0.15) is 22.5 Å². The third-order valence-electron chi connectivity index (χ3n) is 5.61. The standard InChI is InChI=1S/C23H31N7O3S/c1-14-5-6-17(31)15(2)20(14)28-21(32)18-13-26-23(34-18)27-19(24)7-8-25-16(3)22(33)30-11-9-29(4)10-12-30/h5-8,13,16,25,31H,9-12H2,1-4H3,(H,28,32)(H2,24,26,27)/b8-7-. The molecule has 34 heavy (non-hydrogen) atoms. The number of nitrogens with one attached hydrogen (secondary N) is 2. The Morgan fingerprint density at radius 3 is 2.68 bits per heavy atom. The van der Waals surface area contributed by atoms with Crippen molar-refractivity contribution in [3.05, 3.63) is 46.6 Å². The largest absolute Gasteiger partial charge is 0.508 e. The molecule has 1 aliphatic rings. The van der Waals surface area contributed by atoms with Gasteiger partial charge in [0.15, 0.2) is 0 Å². The Hall–Kier alpha value is -3.44. The van der Waals surface area contributed by atoms with Crippen LogP contribution in [0.4, 0.5) is 10.8 Å². The molecule has 0 aliphatic carbocycles. The Labute approximate surface area is 203 Å². The number of rotatable bonds is 7. The zero-order chi connectivity index (χ0) is 24.8. The summed E-state index contributed by atoms with van der Waals surface area (Å²) in [4.78, 5) is 37.9. The zero-order valence-electron chi connectivity index (χ0n) is 19.8. The molecule has 1 aromatic carbocycles. The molecule has 11 heteroatoms. The molecule has 1 unspecified atom stereocenters. The number of likely N-dealkylation sites (N-methyl/N-ethyl adjacent to an activating group) is 1. The van der Waals surface area contributed by atoms with Crippen molar-refractivity contribution in [2.75, 3.05) is 38.5 Å². The first-order valence-corrected chi connectivity index (χ1v) is 11.8. The van der Waals surface area contributed by atoms with E-state index in [0.717, 1.165) is 43.1 Å². The van der Waals surface area contributed by atoms with Gasteiger partial charge in [0.25, 0.3) is 5.91 Å². The average Bonchev–Trinajstić information content (AvgIpc) is 3.27. The Kier molecular flexibility index (Phi) is 8.24. The number of aryl methyl sites for hydroxylation is 1. The van der Waals surface area contributed by atoms with Gasteiger partial charge in [-0.1, -0.05) is 17.4 Å². The minimum atomic E-state index is -0.382. The minimum Gasteiger partial charge on any atom is -0.508 e. The van der Waals surface area contributed by atoms with E-state index in [4.69, 9.17) is 5.73 Å². The van der Waals surface area contributed by atoms with Crippen LogP contribution >= 0.6 is 11.3 Å². The third-order valence-corrected chi connectivity index (χ3v) is 6.50. The van der Waals surface area contributed by atoms with Gasteiger partial charge < -0.3 is 31.3 Å². The predicted octanol–water partition coefficient (Wildman–Crippen LogP) is 1.97. The van der Waals surface area contributed by atoms with E-state index in [1.165, 1.54) is 6.20 Å². The number of carbonyl (C=O) groups excluding carboxylic acids is 2. The third kappa shape index (κ3) is 6.33. The van der Waals surface area contributed by atoms with Crippen LogP contribution in [0.15, 0.2) is 35.6 Å². The summed E-state index contributed by atoms with van der Waals surface area (Å²) >= 11 is 1.10. The normalized spacial score (nSPS) is 16.0. The van der Waals surface area contributed by atoms with Gasteiger partial charge in [-0.05, 0) is 45.5 Å². The van der Waals surface area contributed by atoms with E-state index >= 15 is 0 Å². The van der Waals surface area contributed by atoms with Gasteiger partial charge in [0.05, 0.1) is 11.9 Å². The lowest BCUT2D eigenvalue weighted by Crippen LogP contribution is -2.51. The molecule has 182 valence electrons. The number of amidine groups is 1. The number of phenols is 1. The van der Waals surface area contributed by atoms with Gasteiger partial charge in [0.2, 0.25) is 11.0 Å². The summed E-state index contributed by atoms with van der Waals surface area (Å²) in [5.41, 5.74) is 7.96.